The molecule has 0 unspecified atom stereocenters. The molecule has 0 atom stereocenters. The molecule has 1 saturated heterocycles. The second-order valence-corrected chi connectivity index (χ2v) is 6.77. The third-order valence-electron chi connectivity index (χ3n) is 4.10. The molecule has 9 heteroatoms. The zero-order valence-electron chi connectivity index (χ0n) is 13.7. The number of carbonyl (C=O) groups excluding carboxylic acids is 2. The number of thioether (sulfide) groups is 1. The van der Waals surface area contributed by atoms with Gasteiger partial charge in [-0.1, -0.05) is 0 Å². The molecule has 3 heterocycles. The quantitative estimate of drug-likeness (QED) is 0.806. The number of hydrogen-bond acceptors (Lipinski definition) is 5. The zero-order chi connectivity index (χ0) is 18.5. The first kappa shape index (κ1) is 18.4. The lowest BCUT2D eigenvalue weighted by Crippen LogP contribution is -2.46. The number of aromatic nitrogens is 1. The molecule has 0 saturated carbocycles. The molecular weight excluding hydrogens is 364 g/mol. The minimum Gasteiger partial charge on any atom is -0.472 e. The number of likely N-dealkylation sites (tertiary alicyclic amines) is 1. The van der Waals surface area contributed by atoms with E-state index in [1.807, 2.05) is 0 Å². The molecule has 0 radical (unpaired) electrons. The van der Waals surface area contributed by atoms with Gasteiger partial charge in [-0.05, 0) is 42.8 Å². The van der Waals surface area contributed by atoms with E-state index in [2.05, 4.69) is 10.3 Å². The molecule has 1 aliphatic rings. The standard InChI is InChI=1S/C17H17F2N3O3S/c18-17(19)26-15-13(2-1-6-20-15)14(23)21-12-3-7-22(8-4-12)16(24)11-5-9-25-10-11/h1-2,5-6,9-10,12,17H,3-4,7-8H2,(H,21,23). The number of nitrogens with zero attached hydrogens (tertiary/aromatic N) is 2. The van der Waals surface area contributed by atoms with Gasteiger partial charge >= 0.3 is 0 Å². The summed E-state index contributed by atoms with van der Waals surface area (Å²) in [4.78, 5) is 30.2. The van der Waals surface area contributed by atoms with Crippen molar-refractivity contribution >= 4 is 23.6 Å². The van der Waals surface area contributed by atoms with Gasteiger partial charge in [-0.15, -0.1) is 0 Å². The van der Waals surface area contributed by atoms with Crippen molar-refractivity contribution < 1.29 is 22.8 Å². The molecule has 3 rings (SSSR count). The van der Waals surface area contributed by atoms with Crippen LogP contribution < -0.4 is 5.32 Å². The Labute approximate surface area is 153 Å². The molecule has 2 amide bonds. The van der Waals surface area contributed by atoms with Gasteiger partial charge in [-0.2, -0.15) is 8.78 Å². The van der Waals surface area contributed by atoms with Gasteiger partial charge in [0.2, 0.25) is 0 Å². The van der Waals surface area contributed by atoms with Crippen molar-refractivity contribution in [2.24, 2.45) is 0 Å². The van der Waals surface area contributed by atoms with Gasteiger partial charge < -0.3 is 14.6 Å². The molecular formula is C17H17F2N3O3S. The predicted octanol–water partition coefficient (Wildman–Crippen LogP) is 3.02. The molecule has 138 valence electrons. The summed E-state index contributed by atoms with van der Waals surface area (Å²) in [5.74, 6) is -3.18. The minimum absolute atomic E-state index is 0.00701. The molecule has 0 aromatic carbocycles. The molecule has 0 bridgehead atoms. The average Bonchev–Trinajstić information content (AvgIpc) is 3.16. The number of piperidine rings is 1. The van der Waals surface area contributed by atoms with Gasteiger partial charge in [-0.25, -0.2) is 4.98 Å². The van der Waals surface area contributed by atoms with E-state index in [0.717, 1.165) is 0 Å². The van der Waals surface area contributed by atoms with Crippen LogP contribution in [0.2, 0.25) is 0 Å². The van der Waals surface area contributed by atoms with Crippen LogP contribution in [0.3, 0.4) is 0 Å². The molecule has 0 spiro atoms. The fourth-order valence-corrected chi connectivity index (χ4v) is 3.38. The van der Waals surface area contributed by atoms with Crippen LogP contribution in [0.1, 0.15) is 33.6 Å². The van der Waals surface area contributed by atoms with Crippen LogP contribution in [-0.4, -0.2) is 46.6 Å². The van der Waals surface area contributed by atoms with E-state index in [0.29, 0.717) is 31.5 Å². The van der Waals surface area contributed by atoms with Crippen molar-refractivity contribution in [3.63, 3.8) is 0 Å². The highest BCUT2D eigenvalue weighted by molar-refractivity contribution is 7.99. The lowest BCUT2D eigenvalue weighted by Gasteiger charge is -2.32. The first-order valence-corrected chi connectivity index (χ1v) is 8.94. The Kier molecular flexibility index (Phi) is 5.87. The highest BCUT2D eigenvalue weighted by Crippen LogP contribution is 2.26. The van der Waals surface area contributed by atoms with E-state index in [-0.39, 0.29) is 34.3 Å². The molecule has 6 nitrogen and oxygen atoms in total. The van der Waals surface area contributed by atoms with Crippen LogP contribution in [0.5, 0.6) is 0 Å². The Balaban J connectivity index is 1.56. The molecule has 1 fully saturated rings. The fourth-order valence-electron chi connectivity index (χ4n) is 2.80. The van der Waals surface area contributed by atoms with Crippen molar-refractivity contribution in [1.29, 1.82) is 0 Å². The van der Waals surface area contributed by atoms with Crippen LogP contribution in [0.15, 0.2) is 46.4 Å². The molecule has 1 N–H and O–H groups in total. The van der Waals surface area contributed by atoms with Crippen LogP contribution in [0.25, 0.3) is 0 Å². The van der Waals surface area contributed by atoms with Crippen LogP contribution in [0, 0.1) is 0 Å². The maximum absolute atomic E-state index is 12.6. The Hall–Kier alpha value is -2.42. The summed E-state index contributed by atoms with van der Waals surface area (Å²) < 4.78 is 30.1. The largest absolute Gasteiger partial charge is 0.472 e. The number of alkyl halides is 2. The Morgan fingerprint density at radius 2 is 2.08 bits per heavy atom. The van der Waals surface area contributed by atoms with E-state index >= 15 is 0 Å². The minimum atomic E-state index is -2.64. The first-order valence-electron chi connectivity index (χ1n) is 8.06. The maximum atomic E-state index is 12.6. The molecule has 2 aromatic heterocycles. The third-order valence-corrected chi connectivity index (χ3v) is 4.83. The lowest BCUT2D eigenvalue weighted by atomic mass is 10.0. The van der Waals surface area contributed by atoms with Gasteiger partial charge in [0.1, 0.15) is 11.3 Å². The van der Waals surface area contributed by atoms with Crippen LogP contribution in [0.4, 0.5) is 8.78 Å². The second kappa shape index (κ2) is 8.31. The number of hydrogen-bond donors (Lipinski definition) is 1. The first-order chi connectivity index (χ1) is 12.5. The van der Waals surface area contributed by atoms with Gasteiger partial charge in [0.15, 0.2) is 0 Å². The van der Waals surface area contributed by atoms with E-state index in [1.54, 1.807) is 11.0 Å². The molecule has 2 aromatic rings. The van der Waals surface area contributed by atoms with Crippen LogP contribution >= 0.6 is 11.8 Å². The van der Waals surface area contributed by atoms with Gasteiger partial charge in [0.05, 0.1) is 17.4 Å². The summed E-state index contributed by atoms with van der Waals surface area (Å²) in [7, 11) is 0. The zero-order valence-corrected chi connectivity index (χ0v) is 14.5. The smallest absolute Gasteiger partial charge is 0.290 e. The van der Waals surface area contributed by atoms with Crippen molar-refractivity contribution in [1.82, 2.24) is 15.2 Å². The van der Waals surface area contributed by atoms with E-state index in [9.17, 15) is 18.4 Å². The van der Waals surface area contributed by atoms with Gasteiger partial charge in [-0.3, -0.25) is 9.59 Å². The fraction of sp³-hybridized carbons (Fsp3) is 0.353. The Morgan fingerprint density at radius 3 is 2.73 bits per heavy atom. The number of halogens is 2. The van der Waals surface area contributed by atoms with Crippen molar-refractivity contribution in [3.8, 4) is 0 Å². The summed E-state index contributed by atoms with van der Waals surface area (Å²) in [6, 6.07) is 4.50. The number of amides is 2. The topological polar surface area (TPSA) is 75.4 Å². The Morgan fingerprint density at radius 1 is 1.31 bits per heavy atom. The monoisotopic (exact) mass is 381 g/mol. The van der Waals surface area contributed by atoms with Crippen LogP contribution in [-0.2, 0) is 0 Å². The predicted molar refractivity (Wildman–Crippen MR) is 91.2 cm³/mol. The maximum Gasteiger partial charge on any atom is 0.290 e. The van der Waals surface area contributed by atoms with Crippen molar-refractivity contribution in [2.45, 2.75) is 29.7 Å². The normalized spacial score (nSPS) is 15.3. The van der Waals surface area contributed by atoms with E-state index < -0.39 is 11.7 Å². The SMILES string of the molecule is O=C(NC1CCN(C(=O)c2ccoc2)CC1)c1cccnc1SC(F)F. The number of carbonyl (C=O) groups is 2. The second-order valence-electron chi connectivity index (χ2n) is 5.79. The third kappa shape index (κ3) is 4.40. The van der Waals surface area contributed by atoms with E-state index in [4.69, 9.17) is 4.42 Å². The van der Waals surface area contributed by atoms with Crippen molar-refractivity contribution in [2.75, 3.05) is 13.1 Å². The summed E-state index contributed by atoms with van der Waals surface area (Å²) >= 11 is 0.251. The molecule has 1 aliphatic heterocycles. The summed E-state index contributed by atoms with van der Waals surface area (Å²) in [6.07, 6.45) is 5.41. The summed E-state index contributed by atoms with van der Waals surface area (Å²) in [5, 5.41) is 2.86. The highest BCUT2D eigenvalue weighted by Gasteiger charge is 2.26. The van der Waals surface area contributed by atoms with E-state index in [1.165, 1.54) is 30.9 Å². The number of rotatable bonds is 5. The molecule has 0 aliphatic carbocycles. The summed E-state index contributed by atoms with van der Waals surface area (Å²) in [6.45, 7) is 1.00. The summed E-state index contributed by atoms with van der Waals surface area (Å²) in [5.41, 5.74) is 0.631. The number of furan rings is 1. The number of pyridine rings is 1. The Bertz CT molecular complexity index is 762. The van der Waals surface area contributed by atoms with Crippen molar-refractivity contribution in [3.05, 3.63) is 48.0 Å². The van der Waals surface area contributed by atoms with Gasteiger partial charge in [0, 0.05) is 25.3 Å². The average molecular weight is 381 g/mol. The lowest BCUT2D eigenvalue weighted by molar-refractivity contribution is 0.0697. The highest BCUT2D eigenvalue weighted by atomic mass is 32.2. The van der Waals surface area contributed by atoms with Gasteiger partial charge in [0.25, 0.3) is 17.6 Å². The number of nitrogens with one attached hydrogen (secondary N) is 1. The molecule has 26 heavy (non-hydrogen) atoms.